The van der Waals surface area contributed by atoms with Crippen molar-refractivity contribution >= 4 is 17.1 Å². The molecule has 3 aromatic rings. The van der Waals surface area contributed by atoms with Crippen LogP contribution in [0.5, 0.6) is 0 Å². The van der Waals surface area contributed by atoms with E-state index >= 15 is 0 Å². The summed E-state index contributed by atoms with van der Waals surface area (Å²) in [7, 11) is 0. The number of benzene rings is 1. The average Bonchev–Trinajstić information content (AvgIpc) is 3.11. The number of amides is 1. The number of hydrogen-bond acceptors (Lipinski definition) is 5. The molecule has 9 heteroatoms. The van der Waals surface area contributed by atoms with E-state index in [9.17, 15) is 14.0 Å². The van der Waals surface area contributed by atoms with Crippen molar-refractivity contribution < 1.29 is 9.18 Å². The van der Waals surface area contributed by atoms with Crippen molar-refractivity contribution in [2.45, 2.75) is 39.2 Å². The van der Waals surface area contributed by atoms with Crippen LogP contribution in [0.3, 0.4) is 0 Å². The molecule has 1 aliphatic rings. The largest absolute Gasteiger partial charge is 0.338 e. The predicted octanol–water partition coefficient (Wildman–Crippen LogP) is 2.33. The van der Waals surface area contributed by atoms with Gasteiger partial charge in [0, 0.05) is 25.6 Å². The molecule has 0 bridgehead atoms. The first-order valence-electron chi connectivity index (χ1n) is 9.81. The molecule has 1 atom stereocenters. The molecule has 1 N–H and O–H groups in total. The molecule has 4 rings (SSSR count). The Morgan fingerprint density at radius 3 is 2.90 bits per heavy atom. The minimum Gasteiger partial charge on any atom is -0.338 e. The number of H-pyrrole nitrogens is 1. The zero-order valence-corrected chi connectivity index (χ0v) is 16.4. The summed E-state index contributed by atoms with van der Waals surface area (Å²) in [5.41, 5.74) is 0.457. The molecular formula is C20H23FN6O2. The van der Waals surface area contributed by atoms with E-state index in [-0.39, 0.29) is 34.4 Å². The van der Waals surface area contributed by atoms with Gasteiger partial charge in [-0.15, -0.1) is 5.10 Å². The first kappa shape index (κ1) is 19.2. The van der Waals surface area contributed by atoms with Crippen molar-refractivity contribution in [1.82, 2.24) is 29.9 Å². The standard InChI is InChI=1S/C20H23FN6O2/c1-12(2)17-22-18-16(19(28)23-17)24-25-27(18)11-13-6-5-9-26(10-13)20(29)14-7-3-4-8-15(14)21/h3-4,7-8,12-13H,5-6,9-11H2,1-2H3,(H,22,23,28)/t13-/m1/s1. The minimum atomic E-state index is -0.508. The number of carbonyl (C=O) groups is 1. The van der Waals surface area contributed by atoms with Crippen LogP contribution in [0.2, 0.25) is 0 Å². The Morgan fingerprint density at radius 2 is 2.14 bits per heavy atom. The molecule has 1 fully saturated rings. The number of fused-ring (bicyclic) bond motifs is 1. The highest BCUT2D eigenvalue weighted by Crippen LogP contribution is 2.22. The molecule has 0 unspecified atom stereocenters. The number of rotatable bonds is 4. The Hall–Kier alpha value is -3.10. The molecule has 0 saturated carbocycles. The molecule has 3 heterocycles. The van der Waals surface area contributed by atoms with Crippen LogP contribution in [0.25, 0.3) is 11.2 Å². The summed E-state index contributed by atoms with van der Waals surface area (Å²) in [4.78, 5) is 33.9. The van der Waals surface area contributed by atoms with Crippen LogP contribution in [0.4, 0.5) is 4.39 Å². The van der Waals surface area contributed by atoms with E-state index in [0.29, 0.717) is 31.1 Å². The van der Waals surface area contributed by atoms with Gasteiger partial charge in [0.25, 0.3) is 11.5 Å². The van der Waals surface area contributed by atoms with E-state index in [0.717, 1.165) is 12.8 Å². The number of hydrogen-bond donors (Lipinski definition) is 1. The molecule has 29 heavy (non-hydrogen) atoms. The highest BCUT2D eigenvalue weighted by Gasteiger charge is 2.27. The normalized spacial score (nSPS) is 17.2. The number of halogens is 1. The van der Waals surface area contributed by atoms with Gasteiger partial charge in [-0.3, -0.25) is 9.59 Å². The molecule has 1 amide bonds. The van der Waals surface area contributed by atoms with Gasteiger partial charge in [0.2, 0.25) is 0 Å². The number of aromatic nitrogens is 5. The van der Waals surface area contributed by atoms with Crippen LogP contribution in [0, 0.1) is 11.7 Å². The molecule has 2 aromatic heterocycles. The summed E-state index contributed by atoms with van der Waals surface area (Å²) in [6, 6.07) is 6.04. The quantitative estimate of drug-likeness (QED) is 0.728. The number of nitrogens with zero attached hydrogens (tertiary/aromatic N) is 5. The fraction of sp³-hybridized carbons (Fsp3) is 0.450. The lowest BCUT2D eigenvalue weighted by Gasteiger charge is -2.32. The van der Waals surface area contributed by atoms with Gasteiger partial charge in [0.15, 0.2) is 11.2 Å². The van der Waals surface area contributed by atoms with Crippen molar-refractivity contribution in [1.29, 1.82) is 0 Å². The van der Waals surface area contributed by atoms with E-state index < -0.39 is 5.82 Å². The molecule has 8 nitrogen and oxygen atoms in total. The Bertz CT molecular complexity index is 1110. The Kier molecular flexibility index (Phi) is 5.12. The maximum atomic E-state index is 14.0. The monoisotopic (exact) mass is 398 g/mol. The van der Waals surface area contributed by atoms with E-state index in [2.05, 4.69) is 20.3 Å². The smallest absolute Gasteiger partial charge is 0.281 e. The van der Waals surface area contributed by atoms with Gasteiger partial charge in [0.1, 0.15) is 11.6 Å². The van der Waals surface area contributed by atoms with Gasteiger partial charge in [-0.1, -0.05) is 31.2 Å². The van der Waals surface area contributed by atoms with Gasteiger partial charge in [-0.25, -0.2) is 14.1 Å². The van der Waals surface area contributed by atoms with E-state index in [4.69, 9.17) is 0 Å². The summed E-state index contributed by atoms with van der Waals surface area (Å²) < 4.78 is 15.6. The van der Waals surface area contributed by atoms with Gasteiger partial charge < -0.3 is 9.88 Å². The molecule has 1 aliphatic heterocycles. The zero-order valence-electron chi connectivity index (χ0n) is 16.4. The van der Waals surface area contributed by atoms with Gasteiger partial charge >= 0.3 is 0 Å². The summed E-state index contributed by atoms with van der Waals surface area (Å²) in [6.45, 7) is 5.48. The SMILES string of the molecule is CC(C)c1nc2c(nnn2C[C@@H]2CCCN(C(=O)c3ccccc3F)C2)c(=O)[nH]1. The van der Waals surface area contributed by atoms with Crippen molar-refractivity contribution in [3.05, 3.63) is 51.8 Å². The molecule has 1 aromatic carbocycles. The second kappa shape index (κ2) is 7.73. The maximum absolute atomic E-state index is 14.0. The molecule has 0 radical (unpaired) electrons. The first-order valence-corrected chi connectivity index (χ1v) is 9.81. The Labute approximate surface area is 166 Å². The molecule has 0 aliphatic carbocycles. The van der Waals surface area contributed by atoms with Crippen LogP contribution in [-0.4, -0.2) is 48.9 Å². The summed E-state index contributed by atoms with van der Waals surface area (Å²) in [6.07, 6.45) is 1.73. The summed E-state index contributed by atoms with van der Waals surface area (Å²) >= 11 is 0. The topological polar surface area (TPSA) is 96.8 Å². The second-order valence-corrected chi connectivity index (χ2v) is 7.79. The van der Waals surface area contributed by atoms with Gasteiger partial charge in [0.05, 0.1) is 5.56 Å². The van der Waals surface area contributed by atoms with Crippen LogP contribution >= 0.6 is 0 Å². The zero-order chi connectivity index (χ0) is 20.5. The Balaban J connectivity index is 1.55. The first-order chi connectivity index (χ1) is 13.9. The number of piperidine rings is 1. The highest BCUT2D eigenvalue weighted by atomic mass is 19.1. The van der Waals surface area contributed by atoms with E-state index in [1.807, 2.05) is 13.8 Å². The number of nitrogens with one attached hydrogen (secondary N) is 1. The predicted molar refractivity (Wildman–Crippen MR) is 105 cm³/mol. The van der Waals surface area contributed by atoms with Crippen LogP contribution in [-0.2, 0) is 6.54 Å². The van der Waals surface area contributed by atoms with Gasteiger partial charge in [-0.2, -0.15) is 0 Å². The third-order valence-corrected chi connectivity index (χ3v) is 5.28. The van der Waals surface area contributed by atoms with E-state index in [1.54, 1.807) is 21.7 Å². The highest BCUT2D eigenvalue weighted by molar-refractivity contribution is 5.94. The lowest BCUT2D eigenvalue weighted by molar-refractivity contribution is 0.0655. The van der Waals surface area contributed by atoms with Crippen molar-refractivity contribution in [3.63, 3.8) is 0 Å². The van der Waals surface area contributed by atoms with Crippen LogP contribution < -0.4 is 5.56 Å². The summed E-state index contributed by atoms with van der Waals surface area (Å²) in [5.74, 6) is -0.0301. The van der Waals surface area contributed by atoms with Crippen LogP contribution in [0.15, 0.2) is 29.1 Å². The van der Waals surface area contributed by atoms with Crippen molar-refractivity contribution in [3.8, 4) is 0 Å². The lowest BCUT2D eigenvalue weighted by Crippen LogP contribution is -2.41. The molecule has 0 spiro atoms. The Morgan fingerprint density at radius 1 is 1.34 bits per heavy atom. The van der Waals surface area contributed by atoms with Crippen molar-refractivity contribution in [2.75, 3.05) is 13.1 Å². The number of aromatic amines is 1. The second-order valence-electron chi connectivity index (χ2n) is 7.79. The summed E-state index contributed by atoms with van der Waals surface area (Å²) in [5, 5.41) is 8.09. The lowest BCUT2D eigenvalue weighted by atomic mass is 9.97. The number of carbonyl (C=O) groups excluding carboxylic acids is 1. The van der Waals surface area contributed by atoms with Crippen molar-refractivity contribution in [2.24, 2.45) is 5.92 Å². The van der Waals surface area contributed by atoms with E-state index in [1.165, 1.54) is 12.1 Å². The molecular weight excluding hydrogens is 375 g/mol. The molecule has 152 valence electrons. The van der Waals surface area contributed by atoms with Crippen LogP contribution in [0.1, 0.15) is 48.8 Å². The fourth-order valence-electron chi connectivity index (χ4n) is 3.73. The fourth-order valence-corrected chi connectivity index (χ4v) is 3.73. The average molecular weight is 398 g/mol. The minimum absolute atomic E-state index is 0.0685. The number of likely N-dealkylation sites (tertiary alicyclic amines) is 1. The van der Waals surface area contributed by atoms with Gasteiger partial charge in [-0.05, 0) is 30.9 Å². The third-order valence-electron chi connectivity index (χ3n) is 5.28. The third kappa shape index (κ3) is 3.76. The maximum Gasteiger partial charge on any atom is 0.281 e. The molecule has 1 saturated heterocycles.